The molecule has 0 spiro atoms. The Hall–Kier alpha value is -3.92. The maximum Gasteiger partial charge on any atom is 0.326 e. The van der Waals surface area contributed by atoms with Crippen LogP contribution in [0.15, 0.2) is 36.4 Å². The van der Waals surface area contributed by atoms with Crippen LogP contribution in [-0.2, 0) is 29.0 Å². The molecule has 2 amide bonds. The number of carbonyl (C=O) groups is 3. The van der Waals surface area contributed by atoms with Gasteiger partial charge in [-0.25, -0.2) is 4.79 Å². The maximum absolute atomic E-state index is 12.8. The van der Waals surface area contributed by atoms with Gasteiger partial charge in [-0.3, -0.25) is 14.6 Å². The number of carbonyl (C=O) groups excluding carboxylic acids is 2. The van der Waals surface area contributed by atoms with Crippen molar-refractivity contribution in [3.05, 3.63) is 59.0 Å². The molecule has 10 heteroatoms. The van der Waals surface area contributed by atoms with E-state index in [1.807, 2.05) is 18.2 Å². The van der Waals surface area contributed by atoms with E-state index in [9.17, 15) is 19.5 Å². The number of fused-ring (bicyclic) bond motifs is 2. The SMILES string of the molecule is COc1c(C(=O)NC(CCNC(=O)CCCCc2ccc3c(n2)CCNC3)C(=O)O)[nH]c2ccccc12. The highest BCUT2D eigenvalue weighted by Crippen LogP contribution is 2.29. The normalized spacial score (nSPS) is 13.5. The van der Waals surface area contributed by atoms with Crippen molar-refractivity contribution in [1.82, 2.24) is 25.9 Å². The zero-order valence-electron chi connectivity index (χ0n) is 20.9. The highest BCUT2D eigenvalue weighted by atomic mass is 16.5. The van der Waals surface area contributed by atoms with Crippen molar-refractivity contribution in [3.8, 4) is 5.75 Å². The molecule has 0 bridgehead atoms. The van der Waals surface area contributed by atoms with Gasteiger partial charge in [-0.1, -0.05) is 18.2 Å². The predicted octanol–water partition coefficient (Wildman–Crippen LogP) is 2.32. The Balaban J connectivity index is 1.20. The predicted molar refractivity (Wildman–Crippen MR) is 139 cm³/mol. The van der Waals surface area contributed by atoms with Crippen molar-refractivity contribution < 1.29 is 24.2 Å². The Bertz CT molecular complexity index is 1270. The Kier molecular flexibility index (Phi) is 8.73. The van der Waals surface area contributed by atoms with Crippen LogP contribution in [0.3, 0.4) is 0 Å². The van der Waals surface area contributed by atoms with Crippen molar-refractivity contribution in [3.63, 3.8) is 0 Å². The number of nitrogens with one attached hydrogen (secondary N) is 4. The second-order valence-electron chi connectivity index (χ2n) is 9.12. The largest absolute Gasteiger partial charge is 0.494 e. The quantitative estimate of drug-likeness (QED) is 0.237. The number of aryl methyl sites for hydroxylation is 1. The van der Waals surface area contributed by atoms with E-state index in [0.717, 1.165) is 49.1 Å². The molecule has 0 fully saturated rings. The third kappa shape index (κ3) is 6.65. The number of para-hydroxylation sites is 1. The molecule has 196 valence electrons. The van der Waals surface area contributed by atoms with Gasteiger partial charge in [-0.15, -0.1) is 0 Å². The molecule has 1 aliphatic heterocycles. The van der Waals surface area contributed by atoms with Crippen LogP contribution >= 0.6 is 0 Å². The van der Waals surface area contributed by atoms with Crippen molar-refractivity contribution in [2.75, 3.05) is 20.2 Å². The minimum Gasteiger partial charge on any atom is -0.494 e. The number of aliphatic carboxylic acids is 1. The molecule has 1 aromatic carbocycles. The van der Waals surface area contributed by atoms with Crippen LogP contribution in [0.5, 0.6) is 5.75 Å². The highest BCUT2D eigenvalue weighted by Gasteiger charge is 2.25. The van der Waals surface area contributed by atoms with Gasteiger partial charge in [0.15, 0.2) is 5.75 Å². The lowest BCUT2D eigenvalue weighted by atomic mass is 10.0. The van der Waals surface area contributed by atoms with Crippen LogP contribution in [0.2, 0.25) is 0 Å². The number of ether oxygens (including phenoxy) is 1. The summed E-state index contributed by atoms with van der Waals surface area (Å²) in [4.78, 5) is 44.5. The standard InChI is InChI=1S/C27H33N5O5/c1-37-25-19-7-3-4-8-21(19)31-24(25)26(34)32-22(27(35)36)13-15-29-23(33)9-5-2-6-18-11-10-17-16-28-14-12-20(17)30-18/h3-4,7-8,10-11,22,28,31H,2,5-6,9,12-16H2,1H3,(H,29,33)(H,32,34)(H,35,36). The molecule has 1 unspecified atom stereocenters. The summed E-state index contributed by atoms with van der Waals surface area (Å²) in [6, 6.07) is 10.3. The van der Waals surface area contributed by atoms with Crippen LogP contribution in [-0.4, -0.2) is 59.1 Å². The summed E-state index contributed by atoms with van der Waals surface area (Å²) in [5.41, 5.74) is 4.34. The smallest absolute Gasteiger partial charge is 0.326 e. The first-order valence-corrected chi connectivity index (χ1v) is 12.6. The number of hydrogen-bond donors (Lipinski definition) is 5. The van der Waals surface area contributed by atoms with Crippen molar-refractivity contribution in [1.29, 1.82) is 0 Å². The van der Waals surface area contributed by atoms with Gasteiger partial charge in [0.25, 0.3) is 5.91 Å². The van der Waals surface area contributed by atoms with E-state index in [0.29, 0.717) is 24.1 Å². The number of unbranched alkanes of at least 4 members (excludes halogenated alkanes) is 1. The lowest BCUT2D eigenvalue weighted by Crippen LogP contribution is -2.43. The third-order valence-corrected chi connectivity index (χ3v) is 6.52. The Labute approximate surface area is 215 Å². The lowest BCUT2D eigenvalue weighted by Gasteiger charge is -2.16. The summed E-state index contributed by atoms with van der Waals surface area (Å²) in [5, 5.41) is 18.9. The van der Waals surface area contributed by atoms with Crippen LogP contribution in [0.25, 0.3) is 10.9 Å². The molecule has 10 nitrogen and oxygen atoms in total. The number of carboxylic acids is 1. The molecule has 1 atom stereocenters. The summed E-state index contributed by atoms with van der Waals surface area (Å²) in [7, 11) is 1.46. The minimum absolute atomic E-state index is 0.0588. The van der Waals surface area contributed by atoms with Crippen molar-refractivity contribution in [2.45, 2.75) is 51.1 Å². The van der Waals surface area contributed by atoms with E-state index in [4.69, 9.17) is 9.72 Å². The van der Waals surface area contributed by atoms with Gasteiger partial charge in [-0.05, 0) is 49.4 Å². The van der Waals surface area contributed by atoms with Gasteiger partial charge in [0.05, 0.1) is 7.11 Å². The Morgan fingerprint density at radius 1 is 1.16 bits per heavy atom. The first-order valence-electron chi connectivity index (χ1n) is 12.6. The first-order chi connectivity index (χ1) is 18.0. The van der Waals surface area contributed by atoms with Gasteiger partial charge in [0, 0.05) is 54.8 Å². The summed E-state index contributed by atoms with van der Waals surface area (Å²) < 4.78 is 5.37. The Morgan fingerprint density at radius 2 is 2.00 bits per heavy atom. The number of methoxy groups -OCH3 is 1. The number of carboxylic acid groups (broad SMARTS) is 1. The fourth-order valence-electron chi connectivity index (χ4n) is 4.53. The number of benzene rings is 1. The molecular weight excluding hydrogens is 474 g/mol. The fraction of sp³-hybridized carbons (Fsp3) is 0.407. The van der Waals surface area contributed by atoms with E-state index in [1.165, 1.54) is 12.7 Å². The average molecular weight is 508 g/mol. The molecule has 3 heterocycles. The first kappa shape index (κ1) is 26.2. The van der Waals surface area contributed by atoms with Crippen LogP contribution in [0.4, 0.5) is 0 Å². The van der Waals surface area contributed by atoms with Gasteiger partial charge in [-0.2, -0.15) is 0 Å². The van der Waals surface area contributed by atoms with Gasteiger partial charge in [0.2, 0.25) is 5.91 Å². The fourth-order valence-corrected chi connectivity index (χ4v) is 4.53. The van der Waals surface area contributed by atoms with E-state index < -0.39 is 17.9 Å². The number of nitrogens with zero attached hydrogens (tertiary/aromatic N) is 1. The second-order valence-corrected chi connectivity index (χ2v) is 9.12. The highest BCUT2D eigenvalue weighted by molar-refractivity contribution is 6.04. The number of hydrogen-bond acceptors (Lipinski definition) is 6. The number of pyridine rings is 1. The molecule has 37 heavy (non-hydrogen) atoms. The molecule has 0 radical (unpaired) electrons. The Morgan fingerprint density at radius 3 is 2.81 bits per heavy atom. The molecule has 5 N–H and O–H groups in total. The number of amides is 2. The summed E-state index contributed by atoms with van der Waals surface area (Å²) >= 11 is 0. The number of rotatable bonds is 12. The third-order valence-electron chi connectivity index (χ3n) is 6.52. The van der Waals surface area contributed by atoms with Gasteiger partial charge in [0.1, 0.15) is 11.7 Å². The molecule has 4 rings (SSSR count). The zero-order valence-corrected chi connectivity index (χ0v) is 20.9. The van der Waals surface area contributed by atoms with E-state index in [2.05, 4.69) is 33.1 Å². The molecule has 1 aliphatic rings. The van der Waals surface area contributed by atoms with E-state index >= 15 is 0 Å². The summed E-state index contributed by atoms with van der Waals surface area (Å²) in [6.07, 6.45) is 3.73. The number of aromatic amines is 1. The summed E-state index contributed by atoms with van der Waals surface area (Å²) in [6.45, 7) is 1.96. The topological polar surface area (TPSA) is 145 Å². The number of aromatic nitrogens is 2. The second kappa shape index (κ2) is 12.4. The maximum atomic E-state index is 12.8. The van der Waals surface area contributed by atoms with Gasteiger partial charge < -0.3 is 30.8 Å². The van der Waals surface area contributed by atoms with E-state index in [-0.39, 0.29) is 24.6 Å². The monoisotopic (exact) mass is 507 g/mol. The molecule has 2 aromatic heterocycles. The molecule has 0 saturated heterocycles. The van der Waals surface area contributed by atoms with Crippen molar-refractivity contribution in [2.24, 2.45) is 0 Å². The number of H-pyrrole nitrogens is 1. The molecular formula is C27H33N5O5. The average Bonchev–Trinajstić information content (AvgIpc) is 3.29. The zero-order chi connectivity index (χ0) is 26.2. The van der Waals surface area contributed by atoms with E-state index in [1.54, 1.807) is 6.07 Å². The summed E-state index contributed by atoms with van der Waals surface area (Å²) in [5.74, 6) is -1.55. The van der Waals surface area contributed by atoms with Crippen LogP contribution in [0, 0.1) is 0 Å². The molecule has 0 saturated carbocycles. The van der Waals surface area contributed by atoms with Crippen molar-refractivity contribution >= 4 is 28.7 Å². The molecule has 3 aromatic rings. The lowest BCUT2D eigenvalue weighted by molar-refractivity contribution is -0.139. The van der Waals surface area contributed by atoms with Crippen LogP contribution in [0.1, 0.15) is 53.1 Å². The van der Waals surface area contributed by atoms with Gasteiger partial charge >= 0.3 is 5.97 Å². The van der Waals surface area contributed by atoms with Crippen LogP contribution < -0.4 is 20.7 Å². The minimum atomic E-state index is -1.17. The molecule has 0 aliphatic carbocycles.